The summed E-state index contributed by atoms with van der Waals surface area (Å²) in [7, 11) is 0. The Morgan fingerprint density at radius 1 is 1.21 bits per heavy atom. The molecule has 19 heavy (non-hydrogen) atoms. The number of rotatable bonds is 4. The Labute approximate surface area is 111 Å². The molecule has 5 nitrogen and oxygen atoms in total. The Bertz CT molecular complexity index is 588. The van der Waals surface area contributed by atoms with Gasteiger partial charge in [-0.05, 0) is 25.0 Å². The minimum atomic E-state index is 0.243. The lowest BCUT2D eigenvalue weighted by atomic mass is 10.2. The largest absolute Gasteiger partial charge is 0.487 e. The summed E-state index contributed by atoms with van der Waals surface area (Å²) in [5, 5.41) is 7.25. The first-order chi connectivity index (χ1) is 9.40. The lowest BCUT2D eigenvalue weighted by Gasteiger charge is -2.28. The van der Waals surface area contributed by atoms with Gasteiger partial charge in [-0.3, -0.25) is 0 Å². The van der Waals surface area contributed by atoms with E-state index in [9.17, 15) is 0 Å². The summed E-state index contributed by atoms with van der Waals surface area (Å²) in [4.78, 5) is 4.48. The fraction of sp³-hybridized carbons (Fsp3) is 0.429. The van der Waals surface area contributed by atoms with Crippen molar-refractivity contribution in [1.29, 1.82) is 0 Å². The topological polar surface area (TPSA) is 60.2 Å². The monoisotopic (exact) mass is 257 g/mol. The molecule has 2 aliphatic rings. The van der Waals surface area contributed by atoms with Gasteiger partial charge in [-0.25, -0.2) is 0 Å². The second kappa shape index (κ2) is 4.35. The van der Waals surface area contributed by atoms with E-state index in [0.717, 1.165) is 30.2 Å². The van der Waals surface area contributed by atoms with Crippen LogP contribution in [0.25, 0.3) is 11.5 Å². The van der Waals surface area contributed by atoms with E-state index in [1.807, 2.05) is 24.3 Å². The zero-order chi connectivity index (χ0) is 12.7. The minimum absolute atomic E-state index is 0.243. The normalized spacial score (nSPS) is 19.2. The van der Waals surface area contributed by atoms with Crippen molar-refractivity contribution in [3.05, 3.63) is 30.1 Å². The Morgan fingerprint density at radius 2 is 2.05 bits per heavy atom. The maximum atomic E-state index is 5.93. The number of benzene rings is 1. The third-order valence-electron chi connectivity index (χ3n) is 3.54. The van der Waals surface area contributed by atoms with Crippen LogP contribution in [-0.2, 0) is 0 Å². The quantitative estimate of drug-likeness (QED) is 0.907. The van der Waals surface area contributed by atoms with Crippen LogP contribution in [0.4, 0.5) is 0 Å². The maximum Gasteiger partial charge on any atom is 0.261 e. The van der Waals surface area contributed by atoms with Crippen LogP contribution in [0.3, 0.4) is 0 Å². The molecule has 0 radical (unpaired) electrons. The van der Waals surface area contributed by atoms with Gasteiger partial charge in [0.2, 0.25) is 0 Å². The number of nitrogens with zero attached hydrogens (tertiary/aromatic N) is 2. The summed E-state index contributed by atoms with van der Waals surface area (Å²) in [5.41, 5.74) is 0.883. The summed E-state index contributed by atoms with van der Waals surface area (Å²) >= 11 is 0. The first-order valence-electron chi connectivity index (χ1n) is 6.70. The first-order valence-corrected chi connectivity index (χ1v) is 6.70. The van der Waals surface area contributed by atoms with Gasteiger partial charge in [-0.1, -0.05) is 17.3 Å². The number of hydrogen-bond acceptors (Lipinski definition) is 5. The van der Waals surface area contributed by atoms with Crippen molar-refractivity contribution in [3.8, 4) is 17.2 Å². The van der Waals surface area contributed by atoms with Gasteiger partial charge in [-0.15, -0.1) is 0 Å². The molecule has 0 spiro atoms. The highest BCUT2D eigenvalue weighted by atomic mass is 16.5. The molecule has 0 bridgehead atoms. The number of hydrogen-bond donors (Lipinski definition) is 1. The summed E-state index contributed by atoms with van der Waals surface area (Å²) in [6, 6.07) is 7.84. The van der Waals surface area contributed by atoms with Crippen molar-refractivity contribution >= 4 is 0 Å². The van der Waals surface area contributed by atoms with Crippen LogP contribution >= 0.6 is 0 Å². The molecular weight excluding hydrogens is 242 g/mol. The first kappa shape index (κ1) is 11.0. The highest BCUT2D eigenvalue weighted by molar-refractivity contribution is 5.62. The van der Waals surface area contributed by atoms with Gasteiger partial charge in [0.1, 0.15) is 11.9 Å². The lowest BCUT2D eigenvalue weighted by molar-refractivity contribution is 0.142. The van der Waals surface area contributed by atoms with Crippen molar-refractivity contribution < 1.29 is 9.26 Å². The summed E-state index contributed by atoms with van der Waals surface area (Å²) in [5.74, 6) is 2.71. The molecule has 1 N–H and O–H groups in total. The van der Waals surface area contributed by atoms with Crippen LogP contribution in [0.15, 0.2) is 28.8 Å². The van der Waals surface area contributed by atoms with Gasteiger partial charge in [0, 0.05) is 19.0 Å². The smallest absolute Gasteiger partial charge is 0.261 e. The third-order valence-corrected chi connectivity index (χ3v) is 3.54. The maximum absolute atomic E-state index is 5.93. The van der Waals surface area contributed by atoms with Crippen LogP contribution in [0.5, 0.6) is 5.75 Å². The van der Waals surface area contributed by atoms with Gasteiger partial charge in [0.25, 0.3) is 5.89 Å². The highest BCUT2D eigenvalue weighted by Gasteiger charge is 2.29. The Kier molecular flexibility index (Phi) is 2.51. The minimum Gasteiger partial charge on any atom is -0.487 e. The predicted molar refractivity (Wildman–Crippen MR) is 69.0 cm³/mol. The second-order valence-corrected chi connectivity index (χ2v) is 5.13. The van der Waals surface area contributed by atoms with E-state index in [2.05, 4.69) is 15.5 Å². The zero-order valence-electron chi connectivity index (χ0n) is 10.5. The van der Waals surface area contributed by atoms with E-state index >= 15 is 0 Å². The predicted octanol–water partition coefficient (Wildman–Crippen LogP) is 1.96. The van der Waals surface area contributed by atoms with E-state index in [1.165, 1.54) is 12.8 Å². The van der Waals surface area contributed by atoms with Crippen molar-refractivity contribution in [3.63, 3.8) is 0 Å². The van der Waals surface area contributed by atoms with Crippen molar-refractivity contribution in [2.75, 3.05) is 13.1 Å². The van der Waals surface area contributed by atoms with Crippen LogP contribution in [-0.4, -0.2) is 29.3 Å². The standard InChI is InChI=1S/C14H15N3O2/c1-2-4-12(18-10-7-15-8-10)11(3-1)14-16-13(17-19-14)9-5-6-9/h1-4,9-10,15H,5-8H2. The second-order valence-electron chi connectivity index (χ2n) is 5.13. The van der Waals surface area contributed by atoms with Crippen LogP contribution in [0.1, 0.15) is 24.6 Å². The molecule has 2 aromatic rings. The number of nitrogens with one attached hydrogen (secondary N) is 1. The van der Waals surface area contributed by atoms with E-state index < -0.39 is 0 Å². The molecule has 1 saturated carbocycles. The molecule has 0 atom stereocenters. The van der Waals surface area contributed by atoms with Crippen molar-refractivity contribution in [1.82, 2.24) is 15.5 Å². The van der Waals surface area contributed by atoms with E-state index in [0.29, 0.717) is 11.8 Å². The van der Waals surface area contributed by atoms with Crippen LogP contribution < -0.4 is 10.1 Å². The molecule has 2 heterocycles. The van der Waals surface area contributed by atoms with Gasteiger partial charge in [-0.2, -0.15) is 4.98 Å². The molecule has 1 saturated heterocycles. The molecule has 1 aromatic heterocycles. The summed E-state index contributed by atoms with van der Waals surface area (Å²) in [6.07, 6.45) is 2.59. The molecule has 4 rings (SSSR count). The molecule has 1 aromatic carbocycles. The number of aromatic nitrogens is 2. The lowest BCUT2D eigenvalue weighted by Crippen LogP contribution is -2.50. The Hall–Kier alpha value is -1.88. The molecule has 5 heteroatoms. The Morgan fingerprint density at radius 3 is 2.79 bits per heavy atom. The summed E-state index contributed by atoms with van der Waals surface area (Å²) < 4.78 is 11.3. The van der Waals surface area contributed by atoms with E-state index in [4.69, 9.17) is 9.26 Å². The molecule has 1 aliphatic heterocycles. The van der Waals surface area contributed by atoms with Crippen molar-refractivity contribution in [2.24, 2.45) is 0 Å². The van der Waals surface area contributed by atoms with Gasteiger partial charge >= 0.3 is 0 Å². The van der Waals surface area contributed by atoms with Crippen molar-refractivity contribution in [2.45, 2.75) is 24.9 Å². The molecule has 1 aliphatic carbocycles. The van der Waals surface area contributed by atoms with E-state index in [-0.39, 0.29) is 6.10 Å². The average molecular weight is 257 g/mol. The molecule has 0 amide bonds. The zero-order valence-corrected chi connectivity index (χ0v) is 10.5. The molecule has 0 unspecified atom stereocenters. The average Bonchev–Trinajstić information content (AvgIpc) is 3.13. The highest BCUT2D eigenvalue weighted by Crippen LogP contribution is 2.39. The number of para-hydroxylation sites is 1. The van der Waals surface area contributed by atoms with Crippen LogP contribution in [0.2, 0.25) is 0 Å². The summed E-state index contributed by atoms with van der Waals surface area (Å²) in [6.45, 7) is 1.79. The molecule has 2 fully saturated rings. The fourth-order valence-corrected chi connectivity index (χ4v) is 2.12. The fourth-order valence-electron chi connectivity index (χ4n) is 2.12. The number of ether oxygens (including phenoxy) is 1. The molecular formula is C14H15N3O2. The molecule has 98 valence electrons. The third kappa shape index (κ3) is 2.10. The van der Waals surface area contributed by atoms with Gasteiger partial charge in [0.15, 0.2) is 5.82 Å². The van der Waals surface area contributed by atoms with E-state index in [1.54, 1.807) is 0 Å². The van der Waals surface area contributed by atoms with Crippen LogP contribution in [0, 0.1) is 0 Å². The SMILES string of the molecule is c1ccc(-c2nc(C3CC3)no2)c(OC2CNC2)c1. The Balaban J connectivity index is 1.64. The van der Waals surface area contributed by atoms with Gasteiger partial charge < -0.3 is 14.6 Å². The van der Waals surface area contributed by atoms with Gasteiger partial charge in [0.05, 0.1) is 5.56 Å².